The van der Waals surface area contributed by atoms with Gasteiger partial charge in [-0.05, 0) is 25.7 Å². The molecule has 1 aliphatic rings. The third-order valence-corrected chi connectivity index (χ3v) is 3.74. The summed E-state index contributed by atoms with van der Waals surface area (Å²) < 4.78 is 0. The van der Waals surface area contributed by atoms with Crippen molar-refractivity contribution < 1.29 is 14.7 Å². The van der Waals surface area contributed by atoms with Gasteiger partial charge in [-0.25, -0.2) is 9.78 Å². The van der Waals surface area contributed by atoms with Crippen molar-refractivity contribution in [2.45, 2.75) is 44.6 Å². The van der Waals surface area contributed by atoms with E-state index >= 15 is 0 Å². The number of carboxylic acid groups (broad SMARTS) is 1. The Morgan fingerprint density at radius 1 is 1.42 bits per heavy atom. The van der Waals surface area contributed by atoms with E-state index in [-0.39, 0.29) is 17.5 Å². The molecule has 1 aromatic rings. The van der Waals surface area contributed by atoms with E-state index in [1.807, 2.05) is 0 Å². The van der Waals surface area contributed by atoms with Crippen molar-refractivity contribution in [1.29, 1.82) is 0 Å². The first-order valence-electron chi connectivity index (χ1n) is 6.35. The Balaban J connectivity index is 2.06. The molecular weight excluding hydrogens is 266 g/mol. The van der Waals surface area contributed by atoms with Crippen LogP contribution >= 0.6 is 11.3 Å². The fourth-order valence-corrected chi connectivity index (χ4v) is 2.61. The molecule has 0 unspecified atom stereocenters. The van der Waals surface area contributed by atoms with Crippen molar-refractivity contribution in [3.63, 3.8) is 0 Å². The quantitative estimate of drug-likeness (QED) is 0.501. The molecule has 0 spiro atoms. The van der Waals surface area contributed by atoms with Crippen molar-refractivity contribution in [3.05, 3.63) is 11.1 Å². The number of nitrogen functional groups attached to an aromatic ring is 1. The lowest BCUT2D eigenvalue weighted by molar-refractivity contribution is -0.129. The summed E-state index contributed by atoms with van der Waals surface area (Å²) in [5, 5.41) is 14.8. The van der Waals surface area contributed by atoms with Gasteiger partial charge in [-0.1, -0.05) is 18.0 Å². The Morgan fingerprint density at radius 2 is 2.11 bits per heavy atom. The summed E-state index contributed by atoms with van der Waals surface area (Å²) in [5.41, 5.74) is 5.57. The SMILES string of the molecule is Nc1nc(/C(=N/OC2CCCCCC2)C(=O)O)cs1. The first-order valence-corrected chi connectivity index (χ1v) is 7.23. The van der Waals surface area contributed by atoms with Gasteiger partial charge in [0.05, 0.1) is 0 Å². The van der Waals surface area contributed by atoms with Gasteiger partial charge in [0.2, 0.25) is 5.71 Å². The first-order chi connectivity index (χ1) is 9.16. The molecule has 1 heterocycles. The molecule has 0 radical (unpaired) electrons. The maximum Gasteiger partial charge on any atom is 0.360 e. The first kappa shape index (κ1) is 13.8. The minimum Gasteiger partial charge on any atom is -0.476 e. The lowest BCUT2D eigenvalue weighted by Crippen LogP contribution is -2.18. The van der Waals surface area contributed by atoms with E-state index in [0.717, 1.165) is 25.7 Å². The molecule has 104 valence electrons. The van der Waals surface area contributed by atoms with Crippen LogP contribution in [0, 0.1) is 0 Å². The van der Waals surface area contributed by atoms with Crippen molar-refractivity contribution in [1.82, 2.24) is 4.98 Å². The summed E-state index contributed by atoms with van der Waals surface area (Å²) in [6, 6.07) is 0. The Labute approximate surface area is 115 Å². The minimum atomic E-state index is -1.15. The molecule has 6 nitrogen and oxygen atoms in total. The highest BCUT2D eigenvalue weighted by molar-refractivity contribution is 7.13. The maximum atomic E-state index is 11.2. The van der Waals surface area contributed by atoms with Crippen LogP contribution in [0.25, 0.3) is 0 Å². The Kier molecular flexibility index (Phi) is 4.73. The number of rotatable bonds is 4. The second-order valence-electron chi connectivity index (χ2n) is 4.54. The van der Waals surface area contributed by atoms with Gasteiger partial charge in [-0.15, -0.1) is 11.3 Å². The average molecular weight is 283 g/mol. The van der Waals surface area contributed by atoms with Crippen LogP contribution in [0.4, 0.5) is 5.13 Å². The zero-order chi connectivity index (χ0) is 13.7. The molecule has 0 atom stereocenters. The fraction of sp³-hybridized carbons (Fsp3) is 0.583. The highest BCUT2D eigenvalue weighted by Gasteiger charge is 2.19. The van der Waals surface area contributed by atoms with Gasteiger partial charge in [-0.3, -0.25) is 0 Å². The van der Waals surface area contributed by atoms with E-state index in [9.17, 15) is 4.79 Å². The smallest absolute Gasteiger partial charge is 0.360 e. The van der Waals surface area contributed by atoms with Crippen LogP contribution in [-0.2, 0) is 9.63 Å². The molecule has 0 saturated heterocycles. The topological polar surface area (TPSA) is 97.8 Å². The number of anilines is 1. The summed E-state index contributed by atoms with van der Waals surface area (Å²) in [5.74, 6) is -1.15. The number of nitrogens with two attached hydrogens (primary N) is 1. The molecular formula is C12H17N3O3S. The summed E-state index contributed by atoms with van der Waals surface area (Å²) in [4.78, 5) is 20.5. The zero-order valence-electron chi connectivity index (χ0n) is 10.5. The van der Waals surface area contributed by atoms with Gasteiger partial charge in [0.25, 0.3) is 0 Å². The van der Waals surface area contributed by atoms with Gasteiger partial charge in [0, 0.05) is 5.38 Å². The third-order valence-electron chi connectivity index (χ3n) is 3.06. The number of aromatic nitrogens is 1. The highest BCUT2D eigenvalue weighted by Crippen LogP contribution is 2.20. The molecule has 19 heavy (non-hydrogen) atoms. The molecule has 7 heteroatoms. The van der Waals surface area contributed by atoms with Crippen molar-refractivity contribution >= 4 is 28.1 Å². The van der Waals surface area contributed by atoms with Gasteiger partial charge in [-0.2, -0.15) is 0 Å². The summed E-state index contributed by atoms with van der Waals surface area (Å²) in [6.07, 6.45) is 6.48. The zero-order valence-corrected chi connectivity index (χ0v) is 11.4. The monoisotopic (exact) mass is 283 g/mol. The number of thiazole rings is 1. The summed E-state index contributed by atoms with van der Waals surface area (Å²) in [7, 11) is 0. The van der Waals surface area contributed by atoms with Crippen LogP contribution < -0.4 is 5.73 Å². The number of nitrogens with zero attached hydrogens (tertiary/aromatic N) is 2. The van der Waals surface area contributed by atoms with E-state index < -0.39 is 5.97 Å². The van der Waals surface area contributed by atoms with Crippen LogP contribution in [0.3, 0.4) is 0 Å². The number of oxime groups is 1. The van der Waals surface area contributed by atoms with Crippen molar-refractivity contribution in [2.75, 3.05) is 5.73 Å². The number of hydrogen-bond donors (Lipinski definition) is 2. The number of carbonyl (C=O) groups is 1. The van der Waals surface area contributed by atoms with E-state index in [4.69, 9.17) is 15.7 Å². The standard InChI is InChI=1S/C12H17N3O3S/c13-12-14-9(7-19-12)10(11(16)17)15-18-8-5-3-1-2-4-6-8/h7-8H,1-6H2,(H2,13,14)(H,16,17)/b15-10-. The number of hydrogen-bond acceptors (Lipinski definition) is 6. The van der Waals surface area contributed by atoms with Gasteiger partial charge < -0.3 is 15.7 Å². The lowest BCUT2D eigenvalue weighted by atomic mass is 10.2. The largest absolute Gasteiger partial charge is 0.476 e. The molecule has 1 aromatic heterocycles. The van der Waals surface area contributed by atoms with Crippen LogP contribution in [0.2, 0.25) is 0 Å². The second-order valence-corrected chi connectivity index (χ2v) is 5.42. The Morgan fingerprint density at radius 3 is 2.63 bits per heavy atom. The molecule has 0 bridgehead atoms. The molecule has 0 amide bonds. The number of aliphatic carboxylic acids is 1. The van der Waals surface area contributed by atoms with Gasteiger partial charge in [0.15, 0.2) is 5.13 Å². The average Bonchev–Trinajstić information content (AvgIpc) is 2.64. The second kappa shape index (κ2) is 6.51. The predicted molar refractivity (Wildman–Crippen MR) is 73.3 cm³/mol. The van der Waals surface area contributed by atoms with E-state index in [0.29, 0.717) is 5.13 Å². The van der Waals surface area contributed by atoms with Crippen molar-refractivity contribution in [3.8, 4) is 0 Å². The van der Waals surface area contributed by atoms with E-state index in [1.54, 1.807) is 5.38 Å². The normalized spacial score (nSPS) is 18.0. The van der Waals surface area contributed by atoms with E-state index in [1.165, 1.54) is 24.2 Å². The van der Waals surface area contributed by atoms with Crippen LogP contribution in [0.15, 0.2) is 10.5 Å². The van der Waals surface area contributed by atoms with Crippen LogP contribution in [0.5, 0.6) is 0 Å². The van der Waals surface area contributed by atoms with Crippen LogP contribution in [0.1, 0.15) is 44.2 Å². The Bertz CT molecular complexity index is 465. The molecule has 3 N–H and O–H groups in total. The summed E-state index contributed by atoms with van der Waals surface area (Å²) in [6.45, 7) is 0. The van der Waals surface area contributed by atoms with E-state index in [2.05, 4.69) is 10.1 Å². The molecule has 1 fully saturated rings. The van der Waals surface area contributed by atoms with Gasteiger partial charge in [0.1, 0.15) is 11.8 Å². The molecule has 1 saturated carbocycles. The predicted octanol–water partition coefficient (Wildman–Crippen LogP) is 2.25. The minimum absolute atomic E-state index is 0.00725. The summed E-state index contributed by atoms with van der Waals surface area (Å²) >= 11 is 1.18. The lowest BCUT2D eigenvalue weighted by Gasteiger charge is -2.11. The molecule has 0 aliphatic heterocycles. The maximum absolute atomic E-state index is 11.2. The Hall–Kier alpha value is -1.63. The molecule has 2 rings (SSSR count). The molecule has 1 aliphatic carbocycles. The van der Waals surface area contributed by atoms with Gasteiger partial charge >= 0.3 is 5.97 Å². The molecule has 0 aromatic carbocycles. The van der Waals surface area contributed by atoms with Crippen molar-refractivity contribution in [2.24, 2.45) is 5.16 Å². The fourth-order valence-electron chi connectivity index (χ4n) is 2.07. The third kappa shape index (κ3) is 3.92. The highest BCUT2D eigenvalue weighted by atomic mass is 32.1. The van der Waals surface area contributed by atoms with Crippen LogP contribution in [-0.4, -0.2) is 27.9 Å². The number of carboxylic acids is 1.